The van der Waals surface area contributed by atoms with Crippen LogP contribution in [-0.4, -0.2) is 6.15 Å². The van der Waals surface area contributed by atoms with E-state index in [-0.39, 0.29) is 5.01 Å². The van der Waals surface area contributed by atoms with Crippen molar-refractivity contribution in [1.82, 2.24) is 0 Å². The summed E-state index contributed by atoms with van der Waals surface area (Å²) in [5.74, 6) is -72.9. The molecule has 346 valence electrons. The maximum Gasteiger partial charge on any atom is 0.313 e. The average Bonchev–Trinajstić information content (AvgIpc) is 3.66. The van der Waals surface area contributed by atoms with Crippen molar-refractivity contribution in [2.45, 2.75) is 6.54 Å². The second-order valence-corrected chi connectivity index (χ2v) is 14.4. The van der Waals surface area contributed by atoms with Crippen molar-refractivity contribution in [3.05, 3.63) is 188 Å². The second-order valence-electron chi connectivity index (χ2n) is 13.3. The highest BCUT2D eigenvalue weighted by atomic mass is 32.1. The van der Waals surface area contributed by atoms with Crippen LogP contribution in [0.1, 0.15) is 10.6 Å². The summed E-state index contributed by atoms with van der Waals surface area (Å²) in [4.78, 5) is 0. The van der Waals surface area contributed by atoms with Crippen LogP contribution in [0.2, 0.25) is 0 Å². The van der Waals surface area contributed by atoms with Gasteiger partial charge in [-0.15, -0.1) is 21.9 Å². The molecule has 0 N–H and O–H groups in total. The van der Waals surface area contributed by atoms with Gasteiger partial charge in [0.05, 0.1) is 0 Å². The Hall–Kier alpha value is -6.60. The smallest absolute Gasteiger partial charge is 0.207 e. The van der Waals surface area contributed by atoms with Gasteiger partial charge in [0.15, 0.2) is 76.4 Å². The molecule has 0 fully saturated rings. The molecule has 0 bridgehead atoms. The first-order valence-corrected chi connectivity index (χ1v) is 18.1. The summed E-state index contributed by atoms with van der Waals surface area (Å²) in [7, 11) is 0. The summed E-state index contributed by atoms with van der Waals surface area (Å²) in [5, 5.41) is -0.0555. The molecule has 0 saturated heterocycles. The molecular weight excluding hydrogens is 974 g/mol. The first-order chi connectivity index (χ1) is 30.9. The summed E-state index contributed by atoms with van der Waals surface area (Å²) in [6, 6.07) is 16.6. The van der Waals surface area contributed by atoms with E-state index >= 15 is 35.1 Å². The van der Waals surface area contributed by atoms with E-state index in [1.807, 2.05) is 48.5 Å². The van der Waals surface area contributed by atoms with Crippen LogP contribution in [0.4, 0.5) is 101 Å². The summed E-state index contributed by atoms with van der Waals surface area (Å²) in [5.41, 5.74) is -12.7. The molecule has 7 rings (SSSR count). The highest BCUT2D eigenvalue weighted by Gasteiger charge is 2.52. The molecule has 1 aromatic heterocycles. The first kappa shape index (κ1) is 48.9. The Labute approximate surface area is 354 Å². The van der Waals surface area contributed by atoms with Gasteiger partial charge in [0.2, 0.25) is 5.52 Å². The van der Waals surface area contributed by atoms with Crippen LogP contribution in [0.25, 0.3) is 16.0 Å². The number of benzene rings is 6. The predicted molar refractivity (Wildman–Crippen MR) is 187 cm³/mol. The van der Waals surface area contributed by atoms with Gasteiger partial charge < -0.3 is 0 Å². The molecule has 6 aromatic carbocycles. The predicted octanol–water partition coefficient (Wildman–Crippen LogP) is 10.6. The number of fused-ring (bicyclic) bond motifs is 1. The van der Waals surface area contributed by atoms with Crippen molar-refractivity contribution >= 4 is 55.4 Å². The summed E-state index contributed by atoms with van der Waals surface area (Å²) >= 11 is 1.03. The van der Waals surface area contributed by atoms with E-state index in [4.69, 9.17) is 0 Å². The molecule has 0 aliphatic rings. The van der Waals surface area contributed by atoms with Crippen molar-refractivity contribution in [3.8, 4) is 0 Å². The fourth-order valence-electron chi connectivity index (χ4n) is 7.08. The average molecular weight is 985 g/mol. The molecule has 66 heavy (non-hydrogen) atoms. The molecular formula is C40H11BF23NS. The lowest BCUT2D eigenvalue weighted by molar-refractivity contribution is -0.660. The molecule has 1 nitrogen and oxygen atoms in total. The molecule has 0 atom stereocenters. The zero-order valence-electron chi connectivity index (χ0n) is 31.0. The lowest BCUT2D eigenvalue weighted by Crippen LogP contribution is -2.81. The molecule has 1 heterocycles. The van der Waals surface area contributed by atoms with E-state index in [2.05, 4.69) is 0 Å². The minimum absolute atomic E-state index is 0.0555. The van der Waals surface area contributed by atoms with Crippen molar-refractivity contribution in [1.29, 1.82) is 0 Å². The van der Waals surface area contributed by atoms with E-state index in [1.54, 1.807) is 10.6 Å². The molecule has 0 unspecified atom stereocenters. The highest BCUT2D eigenvalue weighted by Crippen LogP contribution is 2.32. The highest BCUT2D eigenvalue weighted by molar-refractivity contribution is 7.20. The molecule has 0 radical (unpaired) electrons. The van der Waals surface area contributed by atoms with Gasteiger partial charge in [-0.05, 0) is 6.07 Å². The number of thiazole rings is 1. The van der Waals surface area contributed by atoms with Crippen LogP contribution >= 0.6 is 11.3 Å². The topological polar surface area (TPSA) is 3.88 Å². The van der Waals surface area contributed by atoms with Crippen molar-refractivity contribution in [2.75, 3.05) is 0 Å². The quantitative estimate of drug-likeness (QED) is 0.0493. The normalized spacial score (nSPS) is 11.6. The second kappa shape index (κ2) is 18.0. The number of hydrogen-bond donors (Lipinski definition) is 0. The first-order valence-electron chi connectivity index (χ1n) is 17.3. The van der Waals surface area contributed by atoms with Crippen LogP contribution in [0, 0.1) is 116 Å². The zero-order chi connectivity index (χ0) is 49.2. The van der Waals surface area contributed by atoms with Crippen molar-refractivity contribution < 1.29 is 106 Å². The van der Waals surface area contributed by atoms with Crippen LogP contribution in [-0.2, 0) is 6.54 Å². The molecule has 0 aliphatic carbocycles. The number of rotatable bonds is 7. The monoisotopic (exact) mass is 985 g/mol. The molecule has 26 heteroatoms. The fourth-order valence-corrected chi connectivity index (χ4v) is 8.15. The third kappa shape index (κ3) is 7.47. The Morgan fingerprint density at radius 2 is 0.636 bits per heavy atom. The summed E-state index contributed by atoms with van der Waals surface area (Å²) < 4.78 is 335. The van der Waals surface area contributed by atoms with Crippen LogP contribution in [0.5, 0.6) is 0 Å². The van der Waals surface area contributed by atoms with Gasteiger partial charge in [0, 0.05) is 11.6 Å². The largest absolute Gasteiger partial charge is 0.313 e. The zero-order valence-corrected chi connectivity index (χ0v) is 31.8. The number of aromatic nitrogens is 1. The number of hydrogen-bond acceptors (Lipinski definition) is 1. The van der Waals surface area contributed by atoms with E-state index < -0.39 is 156 Å². The maximum atomic E-state index is 15.4. The fraction of sp³-hybridized carbons (Fsp3) is 0.0250. The van der Waals surface area contributed by atoms with E-state index in [0.29, 0.717) is 6.54 Å². The molecule has 0 spiro atoms. The van der Waals surface area contributed by atoms with Crippen molar-refractivity contribution in [3.63, 3.8) is 0 Å². The Bertz CT molecular complexity index is 2770. The summed E-state index contributed by atoms with van der Waals surface area (Å²) in [6.45, 7) is 0.348. The van der Waals surface area contributed by atoms with Gasteiger partial charge in [0.1, 0.15) is 57.4 Å². The molecule has 0 saturated carbocycles. The van der Waals surface area contributed by atoms with E-state index in [9.17, 15) is 65.9 Å². The van der Waals surface area contributed by atoms with Gasteiger partial charge in [-0.25, -0.2) is 87.8 Å². The Balaban J connectivity index is 0.000000284. The maximum absolute atomic E-state index is 15.4. The molecule has 0 aliphatic heterocycles. The molecule has 7 aromatic rings. The Morgan fingerprint density at radius 1 is 0.364 bits per heavy atom. The van der Waals surface area contributed by atoms with E-state index in [0.717, 1.165) is 27.1 Å². The third-order valence-electron chi connectivity index (χ3n) is 9.85. The van der Waals surface area contributed by atoms with Gasteiger partial charge in [-0.1, -0.05) is 53.8 Å². The Kier molecular flexibility index (Phi) is 13.3. The van der Waals surface area contributed by atoms with Gasteiger partial charge >= 0.3 is 11.1 Å². The lowest BCUT2D eigenvalue weighted by Gasteiger charge is -2.44. The van der Waals surface area contributed by atoms with Gasteiger partial charge in [-0.2, -0.15) is 17.7 Å². The minimum atomic E-state index is -7.22. The van der Waals surface area contributed by atoms with Gasteiger partial charge in [-0.3, -0.25) is 0 Å². The standard InChI is InChI=1S/C24BF20.C16H11F3NS/c26-5-1(6(27)14(35)21(42)13(5)34)25(2-7(28)15(36)22(43)16(37)8(2)29,3-9(30)17(38)23(44)18(39)10(3)31)4-11(32)19(40)24(45)20(41)12(4)33;17-14(15(18)19)16-20(10-11-6-2-1-3-7-11)12-8-4-5-9-13(12)21-16/h;1-9H,10H2/q-1;+1. The van der Waals surface area contributed by atoms with Crippen LogP contribution in [0.3, 0.4) is 0 Å². The third-order valence-corrected chi connectivity index (χ3v) is 11.0. The Morgan fingerprint density at radius 3 is 0.939 bits per heavy atom. The van der Waals surface area contributed by atoms with Gasteiger partial charge in [0.25, 0.3) is 5.83 Å². The number of para-hydroxylation sites is 1. The number of halogens is 23. The minimum Gasteiger partial charge on any atom is -0.207 e. The van der Waals surface area contributed by atoms with Crippen LogP contribution in [0.15, 0.2) is 60.7 Å². The lowest BCUT2D eigenvalue weighted by atomic mass is 9.12. The summed E-state index contributed by atoms with van der Waals surface area (Å²) in [6.07, 6.45) is -9.51. The van der Waals surface area contributed by atoms with Crippen LogP contribution < -0.4 is 26.4 Å². The van der Waals surface area contributed by atoms with E-state index in [1.165, 1.54) is 0 Å². The van der Waals surface area contributed by atoms with Crippen molar-refractivity contribution in [2.24, 2.45) is 0 Å². The SMILES string of the molecule is FC(F)=C(F)c1sc2ccccc2[n+]1Cc1ccccc1.Fc1c(F)c(F)c([B-](c2c(F)c(F)c(F)c(F)c2F)(c2c(F)c(F)c(F)c(F)c2F)c2c(F)c(F)c(F)c(F)c2F)c(F)c1F. The number of nitrogens with zero attached hydrogens (tertiary/aromatic N) is 1. The molecule has 0 amide bonds.